The highest BCUT2D eigenvalue weighted by molar-refractivity contribution is 5.80. The van der Waals surface area contributed by atoms with E-state index in [1.807, 2.05) is 0 Å². The molecule has 16 nitrogen and oxygen atoms in total. The number of nitrogens with one attached hydrogen (secondary N) is 1. The fourth-order valence-electron chi connectivity index (χ4n) is 4.83. The summed E-state index contributed by atoms with van der Waals surface area (Å²) in [7, 11) is 0. The molecule has 216 valence electrons. The first-order chi connectivity index (χ1) is 17.5. The van der Waals surface area contributed by atoms with Crippen molar-refractivity contribution in [3.63, 3.8) is 0 Å². The van der Waals surface area contributed by atoms with E-state index in [9.17, 15) is 30.3 Å². The largest absolute Gasteiger partial charge is 0.391 e. The minimum absolute atomic E-state index is 0.000263. The van der Waals surface area contributed by atoms with Crippen LogP contribution in [0, 0.1) is 0 Å². The van der Waals surface area contributed by atoms with Crippen molar-refractivity contribution in [1.29, 1.82) is 0 Å². The molecule has 0 bridgehead atoms. The molecule has 16 N–H and O–H groups in total. The van der Waals surface area contributed by atoms with Gasteiger partial charge in [-0.1, -0.05) is 0 Å². The fourth-order valence-corrected chi connectivity index (χ4v) is 4.83. The monoisotopic (exact) mass is 538 g/mol. The van der Waals surface area contributed by atoms with Crippen LogP contribution in [0.15, 0.2) is 0 Å². The van der Waals surface area contributed by atoms with Crippen LogP contribution >= 0.6 is 0 Å². The average Bonchev–Trinajstić information content (AvgIpc) is 3.14. The minimum atomic E-state index is -1.50. The lowest BCUT2D eigenvalue weighted by Gasteiger charge is -2.47. The molecule has 0 spiro atoms. The maximum atomic E-state index is 12.4. The Bertz CT molecular complexity index is 742. The third-order valence-electron chi connectivity index (χ3n) is 7.08. The van der Waals surface area contributed by atoms with Gasteiger partial charge in [-0.05, 0) is 19.4 Å². The van der Waals surface area contributed by atoms with Crippen LogP contribution in [-0.4, -0.2) is 137 Å². The molecule has 0 radical (unpaired) electrons. The van der Waals surface area contributed by atoms with Crippen molar-refractivity contribution in [2.45, 2.75) is 105 Å². The van der Waals surface area contributed by atoms with Crippen molar-refractivity contribution in [3.05, 3.63) is 0 Å². The molecule has 0 aromatic carbocycles. The summed E-state index contributed by atoms with van der Waals surface area (Å²) in [5, 5.41) is 54.6. The Kier molecular flexibility index (Phi) is 11.0. The number of carbonyl (C=O) groups excluding carboxylic acids is 1. The molecule has 2 heterocycles. The first-order valence-corrected chi connectivity index (χ1v) is 12.5. The highest BCUT2D eigenvalue weighted by Crippen LogP contribution is 2.32. The number of aliphatic hydroxyl groups is 5. The van der Waals surface area contributed by atoms with Gasteiger partial charge in [-0.3, -0.25) is 4.79 Å². The summed E-state index contributed by atoms with van der Waals surface area (Å²) in [6.45, 7) is 0.0655. The van der Waals surface area contributed by atoms with Crippen LogP contribution in [0.5, 0.6) is 0 Å². The second-order valence-corrected chi connectivity index (χ2v) is 9.80. The molecule has 1 amide bonds. The van der Waals surface area contributed by atoms with Crippen molar-refractivity contribution < 1.29 is 49.3 Å². The topological polar surface area (TPSA) is 297 Å². The number of nitrogens with two attached hydrogens (primary N) is 5. The molecule has 1 saturated carbocycles. The Labute approximate surface area is 214 Å². The lowest BCUT2D eigenvalue weighted by atomic mass is 9.83. The van der Waals surface area contributed by atoms with Gasteiger partial charge >= 0.3 is 0 Å². The van der Waals surface area contributed by atoms with Gasteiger partial charge in [-0.25, -0.2) is 0 Å². The molecule has 1 aliphatic carbocycles. The molecular weight excluding hydrogens is 496 g/mol. The summed E-state index contributed by atoms with van der Waals surface area (Å²) in [5.41, 5.74) is 29.1. The van der Waals surface area contributed by atoms with Crippen molar-refractivity contribution >= 4 is 5.91 Å². The molecule has 14 atom stereocenters. The first-order valence-electron chi connectivity index (χ1n) is 12.5. The second-order valence-electron chi connectivity index (χ2n) is 9.80. The van der Waals surface area contributed by atoms with Crippen LogP contribution < -0.4 is 34.0 Å². The maximum absolute atomic E-state index is 12.4. The van der Waals surface area contributed by atoms with Gasteiger partial charge in [0.15, 0.2) is 12.6 Å². The van der Waals surface area contributed by atoms with E-state index >= 15 is 0 Å². The zero-order valence-corrected chi connectivity index (χ0v) is 20.5. The van der Waals surface area contributed by atoms with E-state index in [1.54, 1.807) is 0 Å². The number of aliphatic hydroxyl groups excluding tert-OH is 5. The molecule has 16 heteroatoms. The van der Waals surface area contributed by atoms with Crippen molar-refractivity contribution in [3.8, 4) is 0 Å². The SMILES string of the molecule is NCC[C@H](O)C(=O)NC1CC(N)C(OC2OC(CN)CC(O)C2N)C(OC2OC(CN)C(O)C2O)C1O. The molecule has 3 rings (SSSR count). The van der Waals surface area contributed by atoms with Gasteiger partial charge in [0.05, 0.1) is 24.3 Å². The van der Waals surface area contributed by atoms with E-state index in [0.717, 1.165) is 0 Å². The number of hydrogen-bond acceptors (Lipinski definition) is 15. The van der Waals surface area contributed by atoms with Crippen LogP contribution in [0.25, 0.3) is 0 Å². The van der Waals surface area contributed by atoms with Gasteiger partial charge in [0.1, 0.15) is 42.7 Å². The zero-order chi connectivity index (χ0) is 27.4. The Morgan fingerprint density at radius 3 is 2.19 bits per heavy atom. The average molecular weight is 539 g/mol. The van der Waals surface area contributed by atoms with E-state index < -0.39 is 91.5 Å². The molecule has 0 aromatic heterocycles. The lowest BCUT2D eigenvalue weighted by Crippen LogP contribution is -2.67. The summed E-state index contributed by atoms with van der Waals surface area (Å²) in [4.78, 5) is 12.4. The summed E-state index contributed by atoms with van der Waals surface area (Å²) < 4.78 is 23.2. The number of amides is 1. The normalized spacial score (nSPS) is 45.5. The summed E-state index contributed by atoms with van der Waals surface area (Å²) in [6.07, 6.45) is -13.0. The second kappa shape index (κ2) is 13.3. The maximum Gasteiger partial charge on any atom is 0.249 e. The summed E-state index contributed by atoms with van der Waals surface area (Å²) in [6, 6.07) is -2.84. The highest BCUT2D eigenvalue weighted by Gasteiger charge is 2.52. The zero-order valence-electron chi connectivity index (χ0n) is 20.5. The van der Waals surface area contributed by atoms with Crippen molar-refractivity contribution in [2.24, 2.45) is 28.7 Å². The third-order valence-corrected chi connectivity index (χ3v) is 7.08. The Balaban J connectivity index is 1.82. The number of ether oxygens (including phenoxy) is 4. The highest BCUT2D eigenvalue weighted by atomic mass is 16.7. The fraction of sp³-hybridized carbons (Fsp3) is 0.952. The predicted octanol–water partition coefficient (Wildman–Crippen LogP) is -6.79. The molecule has 13 unspecified atom stereocenters. The van der Waals surface area contributed by atoms with Gasteiger partial charge in [-0.15, -0.1) is 0 Å². The summed E-state index contributed by atoms with van der Waals surface area (Å²) in [5.74, 6) is -0.762. The minimum Gasteiger partial charge on any atom is -0.391 e. The molecule has 2 aliphatic heterocycles. The van der Waals surface area contributed by atoms with Gasteiger partial charge in [0, 0.05) is 25.6 Å². The Morgan fingerprint density at radius 1 is 0.919 bits per heavy atom. The van der Waals surface area contributed by atoms with E-state index in [-0.39, 0.29) is 38.9 Å². The molecule has 0 aromatic rings. The summed E-state index contributed by atoms with van der Waals surface area (Å²) >= 11 is 0. The number of rotatable bonds is 10. The van der Waals surface area contributed by atoms with Crippen LogP contribution in [0.4, 0.5) is 0 Å². The Morgan fingerprint density at radius 2 is 1.59 bits per heavy atom. The van der Waals surface area contributed by atoms with Gasteiger partial charge in [-0.2, -0.15) is 0 Å². The number of carbonyl (C=O) groups is 1. The lowest BCUT2D eigenvalue weighted by molar-refractivity contribution is -0.294. The van der Waals surface area contributed by atoms with Gasteiger partial charge in [0.25, 0.3) is 0 Å². The van der Waals surface area contributed by atoms with Crippen LogP contribution in [0.1, 0.15) is 19.3 Å². The van der Waals surface area contributed by atoms with Gasteiger partial charge in [0.2, 0.25) is 5.91 Å². The smallest absolute Gasteiger partial charge is 0.249 e. The number of hydrogen-bond donors (Lipinski definition) is 11. The molecule has 37 heavy (non-hydrogen) atoms. The molecule has 3 fully saturated rings. The van der Waals surface area contributed by atoms with Crippen molar-refractivity contribution in [1.82, 2.24) is 5.32 Å². The first kappa shape index (κ1) is 30.5. The van der Waals surface area contributed by atoms with Crippen molar-refractivity contribution in [2.75, 3.05) is 19.6 Å². The van der Waals surface area contributed by atoms with Crippen LogP contribution in [0.3, 0.4) is 0 Å². The third kappa shape index (κ3) is 6.92. The molecule has 2 saturated heterocycles. The predicted molar refractivity (Wildman–Crippen MR) is 126 cm³/mol. The molecule has 3 aliphatic rings. The van der Waals surface area contributed by atoms with Gasteiger partial charge < -0.3 is 78.5 Å². The van der Waals surface area contributed by atoms with E-state index in [4.69, 9.17) is 47.6 Å². The van der Waals surface area contributed by atoms with Crippen LogP contribution in [-0.2, 0) is 23.7 Å². The van der Waals surface area contributed by atoms with E-state index in [2.05, 4.69) is 5.32 Å². The van der Waals surface area contributed by atoms with E-state index in [0.29, 0.717) is 0 Å². The van der Waals surface area contributed by atoms with E-state index in [1.165, 1.54) is 0 Å². The molecular formula is C21H42N6O10. The standard InChI is InChI=1S/C21H42N6O10/c22-2-1-10(28)19(33)27-9-4-8(25)17(36-20-13(26)11(29)3-7(5-23)34-20)18(14(9)30)37-21-16(32)15(31)12(6-24)35-21/h7-18,20-21,28-32H,1-6,22-26H2,(H,27,33)/t7?,8?,9?,10-,11?,12?,13?,14?,15?,16?,17?,18?,20?,21?/m0/s1. The van der Waals surface area contributed by atoms with Crippen LogP contribution in [0.2, 0.25) is 0 Å². The quantitative estimate of drug-likeness (QED) is 0.123. The Hall–Kier alpha value is -1.09.